The van der Waals surface area contributed by atoms with Crippen LogP contribution in [-0.4, -0.2) is 19.0 Å². The number of hydrogen-bond acceptors (Lipinski definition) is 3. The quantitative estimate of drug-likeness (QED) is 0.758. The third-order valence-electron chi connectivity index (χ3n) is 5.00. The van der Waals surface area contributed by atoms with Crippen LogP contribution in [0.25, 0.3) is 0 Å². The number of benzene rings is 2. The Morgan fingerprint density at radius 2 is 2.04 bits per heavy atom. The largest absolute Gasteiger partial charge is 0.489 e. The van der Waals surface area contributed by atoms with E-state index in [1.54, 1.807) is 6.07 Å². The number of amides is 1. The number of piperidine rings is 1. The Bertz CT molecular complexity index is 773. The van der Waals surface area contributed by atoms with E-state index in [1.165, 1.54) is 12.1 Å². The molecule has 4 nitrogen and oxygen atoms in total. The average molecular weight is 370 g/mol. The summed E-state index contributed by atoms with van der Waals surface area (Å²) in [6.07, 6.45) is 3.82. The first-order valence-corrected chi connectivity index (χ1v) is 9.58. The fraction of sp³-hybridized carbons (Fsp3) is 0.409. The van der Waals surface area contributed by atoms with Crippen molar-refractivity contribution >= 4 is 11.6 Å². The molecule has 0 saturated carbocycles. The number of aryl methyl sites for hydroxylation is 1. The van der Waals surface area contributed by atoms with Gasteiger partial charge in [0.2, 0.25) is 5.91 Å². The van der Waals surface area contributed by atoms with E-state index in [1.807, 2.05) is 31.2 Å². The molecule has 1 aliphatic heterocycles. The SMILES string of the molecule is Cc1cc(OCc2cccc(F)c2)ccc1NC(=O)CCC1CCNCC1. The molecule has 0 atom stereocenters. The molecule has 2 aromatic rings. The van der Waals surface area contributed by atoms with Gasteiger partial charge in [0.05, 0.1) is 0 Å². The number of carbonyl (C=O) groups is 1. The molecule has 0 aliphatic carbocycles. The van der Waals surface area contributed by atoms with E-state index >= 15 is 0 Å². The van der Waals surface area contributed by atoms with Crippen molar-refractivity contribution in [1.82, 2.24) is 5.32 Å². The van der Waals surface area contributed by atoms with Crippen LogP contribution in [0.1, 0.15) is 36.8 Å². The molecular weight excluding hydrogens is 343 g/mol. The molecule has 1 aliphatic rings. The number of ether oxygens (including phenoxy) is 1. The van der Waals surface area contributed by atoms with Gasteiger partial charge in [-0.15, -0.1) is 0 Å². The molecule has 3 rings (SSSR count). The van der Waals surface area contributed by atoms with Crippen LogP contribution >= 0.6 is 0 Å². The van der Waals surface area contributed by atoms with Crippen LogP contribution in [0.15, 0.2) is 42.5 Å². The van der Waals surface area contributed by atoms with E-state index in [9.17, 15) is 9.18 Å². The molecule has 2 aromatic carbocycles. The van der Waals surface area contributed by atoms with Crippen LogP contribution in [0.4, 0.5) is 10.1 Å². The summed E-state index contributed by atoms with van der Waals surface area (Å²) in [5.41, 5.74) is 2.54. The molecule has 1 fully saturated rings. The van der Waals surface area contributed by atoms with Crippen molar-refractivity contribution in [2.24, 2.45) is 5.92 Å². The van der Waals surface area contributed by atoms with Gasteiger partial charge in [-0.3, -0.25) is 4.79 Å². The summed E-state index contributed by atoms with van der Waals surface area (Å²) in [5, 5.41) is 6.35. The van der Waals surface area contributed by atoms with Gasteiger partial charge in [-0.1, -0.05) is 12.1 Å². The van der Waals surface area contributed by atoms with Gasteiger partial charge >= 0.3 is 0 Å². The molecule has 27 heavy (non-hydrogen) atoms. The monoisotopic (exact) mass is 370 g/mol. The fourth-order valence-corrected chi connectivity index (χ4v) is 3.38. The normalized spacial score (nSPS) is 14.7. The van der Waals surface area contributed by atoms with Gasteiger partial charge in [0.15, 0.2) is 0 Å². The second kappa shape index (κ2) is 9.51. The Labute approximate surface area is 160 Å². The molecule has 0 unspecified atom stereocenters. The zero-order chi connectivity index (χ0) is 19.1. The highest BCUT2D eigenvalue weighted by Gasteiger charge is 2.15. The van der Waals surface area contributed by atoms with Crippen LogP contribution in [0.5, 0.6) is 5.75 Å². The fourth-order valence-electron chi connectivity index (χ4n) is 3.38. The van der Waals surface area contributed by atoms with Gasteiger partial charge in [-0.05, 0) is 86.7 Å². The highest BCUT2D eigenvalue weighted by Crippen LogP contribution is 2.23. The minimum Gasteiger partial charge on any atom is -0.489 e. The van der Waals surface area contributed by atoms with Crippen LogP contribution in [0.2, 0.25) is 0 Å². The van der Waals surface area contributed by atoms with E-state index in [0.717, 1.165) is 49.2 Å². The van der Waals surface area contributed by atoms with E-state index < -0.39 is 0 Å². The molecule has 0 spiro atoms. The minimum atomic E-state index is -0.269. The lowest BCUT2D eigenvalue weighted by atomic mass is 9.93. The Morgan fingerprint density at radius 1 is 1.22 bits per heavy atom. The molecule has 0 bridgehead atoms. The van der Waals surface area contributed by atoms with Gasteiger partial charge in [0, 0.05) is 12.1 Å². The van der Waals surface area contributed by atoms with Crippen molar-refractivity contribution in [2.75, 3.05) is 18.4 Å². The summed E-state index contributed by atoms with van der Waals surface area (Å²) in [6.45, 7) is 4.36. The first kappa shape index (κ1) is 19.4. The number of anilines is 1. The maximum atomic E-state index is 13.2. The van der Waals surface area contributed by atoms with Crippen LogP contribution in [-0.2, 0) is 11.4 Å². The number of nitrogens with one attached hydrogen (secondary N) is 2. The predicted molar refractivity (Wildman–Crippen MR) is 105 cm³/mol. The third-order valence-corrected chi connectivity index (χ3v) is 5.00. The Morgan fingerprint density at radius 3 is 2.78 bits per heavy atom. The molecule has 144 valence electrons. The van der Waals surface area contributed by atoms with E-state index in [2.05, 4.69) is 10.6 Å². The summed E-state index contributed by atoms with van der Waals surface area (Å²) >= 11 is 0. The molecule has 0 radical (unpaired) electrons. The van der Waals surface area contributed by atoms with Crippen LogP contribution in [0, 0.1) is 18.7 Å². The van der Waals surface area contributed by atoms with E-state index in [4.69, 9.17) is 4.74 Å². The van der Waals surface area contributed by atoms with Crippen molar-refractivity contribution < 1.29 is 13.9 Å². The zero-order valence-corrected chi connectivity index (χ0v) is 15.8. The molecule has 1 saturated heterocycles. The molecular formula is C22H27FN2O2. The van der Waals surface area contributed by atoms with E-state index in [0.29, 0.717) is 24.7 Å². The van der Waals surface area contributed by atoms with Gasteiger partial charge in [-0.2, -0.15) is 0 Å². The Kier molecular flexibility index (Phi) is 6.82. The van der Waals surface area contributed by atoms with Crippen LogP contribution in [0.3, 0.4) is 0 Å². The smallest absolute Gasteiger partial charge is 0.224 e. The molecule has 1 heterocycles. The lowest BCUT2D eigenvalue weighted by molar-refractivity contribution is -0.116. The zero-order valence-electron chi connectivity index (χ0n) is 15.8. The minimum absolute atomic E-state index is 0.0602. The summed E-state index contributed by atoms with van der Waals surface area (Å²) in [4.78, 5) is 12.2. The molecule has 1 amide bonds. The van der Waals surface area contributed by atoms with Gasteiger partial charge in [0.1, 0.15) is 18.2 Å². The predicted octanol–water partition coefficient (Wildman–Crippen LogP) is 4.43. The van der Waals surface area contributed by atoms with Crippen molar-refractivity contribution in [3.05, 3.63) is 59.4 Å². The number of rotatable bonds is 7. The van der Waals surface area contributed by atoms with E-state index in [-0.39, 0.29) is 11.7 Å². The summed E-state index contributed by atoms with van der Waals surface area (Å²) in [6, 6.07) is 11.9. The summed E-state index contributed by atoms with van der Waals surface area (Å²) in [5.74, 6) is 1.14. The average Bonchev–Trinajstić information content (AvgIpc) is 2.67. The molecule has 0 aromatic heterocycles. The second-order valence-corrected chi connectivity index (χ2v) is 7.18. The third kappa shape index (κ3) is 6.07. The maximum absolute atomic E-state index is 13.2. The molecule has 2 N–H and O–H groups in total. The summed E-state index contributed by atoms with van der Waals surface area (Å²) in [7, 11) is 0. The van der Waals surface area contributed by atoms with Crippen molar-refractivity contribution in [3.63, 3.8) is 0 Å². The summed E-state index contributed by atoms with van der Waals surface area (Å²) < 4.78 is 18.9. The standard InChI is InChI=1S/C22H27FN2O2/c1-16-13-20(27-15-18-3-2-4-19(23)14-18)6-7-21(16)25-22(26)8-5-17-9-11-24-12-10-17/h2-4,6-7,13-14,17,24H,5,8-12,15H2,1H3,(H,25,26). The van der Waals surface area contributed by atoms with Crippen molar-refractivity contribution in [3.8, 4) is 5.75 Å². The van der Waals surface area contributed by atoms with Gasteiger partial charge in [-0.25, -0.2) is 4.39 Å². The Balaban J connectivity index is 1.49. The number of hydrogen-bond donors (Lipinski definition) is 2. The van der Waals surface area contributed by atoms with Gasteiger partial charge < -0.3 is 15.4 Å². The molecule has 5 heteroatoms. The number of halogens is 1. The second-order valence-electron chi connectivity index (χ2n) is 7.18. The highest BCUT2D eigenvalue weighted by atomic mass is 19.1. The Hall–Kier alpha value is -2.40. The lowest BCUT2D eigenvalue weighted by Crippen LogP contribution is -2.28. The maximum Gasteiger partial charge on any atom is 0.224 e. The lowest BCUT2D eigenvalue weighted by Gasteiger charge is -2.22. The topological polar surface area (TPSA) is 50.4 Å². The highest BCUT2D eigenvalue weighted by molar-refractivity contribution is 5.91. The first-order valence-electron chi connectivity index (χ1n) is 9.58. The first-order chi connectivity index (χ1) is 13.1. The number of carbonyl (C=O) groups excluding carboxylic acids is 1. The van der Waals surface area contributed by atoms with Crippen LogP contribution < -0.4 is 15.4 Å². The van der Waals surface area contributed by atoms with Gasteiger partial charge in [0.25, 0.3) is 0 Å². The van der Waals surface area contributed by atoms with Crippen molar-refractivity contribution in [2.45, 2.75) is 39.2 Å². The van der Waals surface area contributed by atoms with Crippen molar-refractivity contribution in [1.29, 1.82) is 0 Å².